The number of nitrogens with zero attached hydrogens (tertiary/aromatic N) is 1. The maximum absolute atomic E-state index is 12.1. The molecule has 0 aliphatic heterocycles. The molecule has 0 saturated heterocycles. The van der Waals surface area contributed by atoms with E-state index in [1.807, 2.05) is 0 Å². The van der Waals surface area contributed by atoms with Crippen molar-refractivity contribution in [3.63, 3.8) is 0 Å². The number of nitrogens with one attached hydrogen (secondary N) is 4. The van der Waals surface area contributed by atoms with Crippen LogP contribution in [0.4, 0.5) is 0 Å². The lowest BCUT2D eigenvalue weighted by Gasteiger charge is -2.24. The maximum Gasteiger partial charge on any atom is 0.291 e. The Bertz CT molecular complexity index is 919. The Balaban J connectivity index is 2.21. The van der Waals surface area contributed by atoms with Crippen molar-refractivity contribution in [2.24, 2.45) is 5.92 Å². The van der Waals surface area contributed by atoms with Crippen molar-refractivity contribution in [3.05, 3.63) is 39.6 Å². The van der Waals surface area contributed by atoms with Crippen LogP contribution in [0.15, 0.2) is 23.0 Å². The largest absolute Gasteiger partial charge is 0.355 e. The number of rotatable bonds is 2. The number of benzene rings is 1. The average molecular weight is 327 g/mol. The molecule has 7 nitrogen and oxygen atoms in total. The summed E-state index contributed by atoms with van der Waals surface area (Å²) in [6.07, 6.45) is 5.08. The van der Waals surface area contributed by atoms with E-state index in [4.69, 9.17) is 10.8 Å². The van der Waals surface area contributed by atoms with Crippen LogP contribution < -0.4 is 16.4 Å². The second-order valence-electron chi connectivity index (χ2n) is 6.17. The second kappa shape index (κ2) is 6.43. The predicted octanol–water partition coefficient (Wildman–Crippen LogP) is 1.57. The first-order valence-electron chi connectivity index (χ1n) is 8.17. The number of H-pyrrole nitrogens is 1. The van der Waals surface area contributed by atoms with Crippen molar-refractivity contribution in [1.29, 1.82) is 10.8 Å². The normalized spacial score (nSPS) is 15.4. The highest BCUT2D eigenvalue weighted by molar-refractivity contribution is 5.99. The first kappa shape index (κ1) is 16.2. The Labute approximate surface area is 138 Å². The molecule has 24 heavy (non-hydrogen) atoms. The first-order chi connectivity index (χ1) is 11.5. The van der Waals surface area contributed by atoms with Crippen LogP contribution in [0.5, 0.6) is 0 Å². The quantitative estimate of drug-likeness (QED) is 0.495. The van der Waals surface area contributed by atoms with E-state index in [1.165, 1.54) is 11.0 Å². The number of fused-ring (bicyclic) bond motifs is 1. The Morgan fingerprint density at radius 1 is 1.29 bits per heavy atom. The van der Waals surface area contributed by atoms with Gasteiger partial charge in [0.2, 0.25) is 0 Å². The van der Waals surface area contributed by atoms with Crippen molar-refractivity contribution in [3.8, 4) is 0 Å². The van der Waals surface area contributed by atoms with Crippen LogP contribution in [0.1, 0.15) is 42.5 Å². The molecular formula is C17H21N5O2. The highest BCUT2D eigenvalue weighted by Crippen LogP contribution is 2.25. The summed E-state index contributed by atoms with van der Waals surface area (Å²) in [6.45, 7) is 0. The third-order valence-corrected chi connectivity index (χ3v) is 4.65. The molecule has 1 heterocycles. The summed E-state index contributed by atoms with van der Waals surface area (Å²) in [5, 5.41) is 19.2. The zero-order valence-electron chi connectivity index (χ0n) is 13.6. The molecule has 0 spiro atoms. The third kappa shape index (κ3) is 2.77. The third-order valence-electron chi connectivity index (χ3n) is 4.65. The fourth-order valence-corrected chi connectivity index (χ4v) is 3.32. The fraction of sp³-hybridized carbons (Fsp3) is 0.412. The molecular weight excluding hydrogens is 306 g/mol. The van der Waals surface area contributed by atoms with Crippen molar-refractivity contribution in [1.82, 2.24) is 14.9 Å². The van der Waals surface area contributed by atoms with Gasteiger partial charge in [-0.25, -0.2) is 0 Å². The van der Waals surface area contributed by atoms with Crippen molar-refractivity contribution in [2.45, 2.75) is 32.1 Å². The highest BCUT2D eigenvalue weighted by atomic mass is 16.1. The molecule has 1 aliphatic rings. The Morgan fingerprint density at radius 2 is 2.00 bits per heavy atom. The summed E-state index contributed by atoms with van der Waals surface area (Å²) < 4.78 is 1.39. The molecule has 1 aliphatic carbocycles. The number of aromatic amines is 1. The molecule has 4 N–H and O–H groups in total. The van der Waals surface area contributed by atoms with Gasteiger partial charge in [0.15, 0.2) is 5.49 Å². The minimum Gasteiger partial charge on any atom is -0.355 e. The van der Waals surface area contributed by atoms with E-state index in [1.54, 1.807) is 25.2 Å². The summed E-state index contributed by atoms with van der Waals surface area (Å²) in [7, 11) is 1.55. The minimum atomic E-state index is -0.532. The zero-order chi connectivity index (χ0) is 17.3. The monoisotopic (exact) mass is 327 g/mol. The second-order valence-corrected chi connectivity index (χ2v) is 6.17. The van der Waals surface area contributed by atoms with Gasteiger partial charge in [-0.3, -0.25) is 25.0 Å². The average Bonchev–Trinajstić information content (AvgIpc) is 2.62. The molecule has 3 rings (SSSR count). The van der Waals surface area contributed by atoms with Gasteiger partial charge < -0.3 is 10.3 Å². The molecule has 0 atom stereocenters. The molecule has 0 radical (unpaired) electrons. The number of carbonyl (C=O) groups excluding carboxylic acids is 1. The summed E-state index contributed by atoms with van der Waals surface area (Å²) in [5.74, 6) is 0.0664. The molecule has 0 unspecified atom stereocenters. The lowest BCUT2D eigenvalue weighted by Crippen LogP contribution is -2.42. The van der Waals surface area contributed by atoms with E-state index in [2.05, 4.69) is 10.3 Å². The van der Waals surface area contributed by atoms with Crippen molar-refractivity contribution >= 4 is 22.8 Å². The molecule has 1 saturated carbocycles. The van der Waals surface area contributed by atoms with E-state index in [9.17, 15) is 9.59 Å². The molecule has 2 aromatic rings. The van der Waals surface area contributed by atoms with E-state index in [0.29, 0.717) is 16.6 Å². The molecule has 7 heteroatoms. The van der Waals surface area contributed by atoms with Gasteiger partial charge >= 0.3 is 0 Å². The van der Waals surface area contributed by atoms with Crippen LogP contribution in [-0.2, 0) is 0 Å². The lowest BCUT2D eigenvalue weighted by atomic mass is 9.88. The van der Waals surface area contributed by atoms with Gasteiger partial charge in [0.25, 0.3) is 11.5 Å². The highest BCUT2D eigenvalue weighted by Gasteiger charge is 2.22. The van der Waals surface area contributed by atoms with Gasteiger partial charge in [0, 0.05) is 18.5 Å². The summed E-state index contributed by atoms with van der Waals surface area (Å²) in [6, 6.07) is 4.89. The summed E-state index contributed by atoms with van der Waals surface area (Å²) in [4.78, 5) is 26.6. The Hall–Kier alpha value is -2.70. The number of hydrogen-bond acceptors (Lipinski definition) is 4. The van der Waals surface area contributed by atoms with Gasteiger partial charge in [-0.05, 0) is 31.0 Å². The maximum atomic E-state index is 12.1. The minimum absolute atomic E-state index is 0.0431. The predicted molar refractivity (Wildman–Crippen MR) is 91.5 cm³/mol. The molecule has 1 fully saturated rings. The van der Waals surface area contributed by atoms with Gasteiger partial charge in [0.1, 0.15) is 5.84 Å². The van der Waals surface area contributed by atoms with Gasteiger partial charge in [0.05, 0.1) is 11.0 Å². The van der Waals surface area contributed by atoms with Crippen LogP contribution in [0.2, 0.25) is 0 Å². The van der Waals surface area contributed by atoms with Crippen LogP contribution in [0.25, 0.3) is 11.0 Å². The zero-order valence-corrected chi connectivity index (χ0v) is 13.6. The van der Waals surface area contributed by atoms with Gasteiger partial charge in [-0.2, -0.15) is 0 Å². The van der Waals surface area contributed by atoms with Crippen molar-refractivity contribution in [2.75, 3.05) is 7.05 Å². The number of hydrogen-bond donors (Lipinski definition) is 4. The topological polar surface area (TPSA) is 115 Å². The van der Waals surface area contributed by atoms with Crippen LogP contribution in [0, 0.1) is 16.7 Å². The number of carbonyl (C=O) groups is 1. The first-order valence-corrected chi connectivity index (χ1v) is 8.17. The summed E-state index contributed by atoms with van der Waals surface area (Å²) >= 11 is 0. The van der Waals surface area contributed by atoms with Crippen LogP contribution >= 0.6 is 0 Å². The molecule has 1 amide bonds. The summed E-state index contributed by atoms with van der Waals surface area (Å²) in [5.41, 5.74) is 0.657. The van der Waals surface area contributed by atoms with Gasteiger partial charge in [-0.15, -0.1) is 0 Å². The Kier molecular flexibility index (Phi) is 4.33. The van der Waals surface area contributed by atoms with E-state index in [-0.39, 0.29) is 23.1 Å². The lowest BCUT2D eigenvalue weighted by molar-refractivity contribution is 0.0963. The molecule has 1 aromatic heterocycles. The van der Waals surface area contributed by atoms with Crippen LogP contribution in [-0.4, -0.2) is 28.3 Å². The van der Waals surface area contributed by atoms with E-state index in [0.717, 1.165) is 25.7 Å². The van der Waals surface area contributed by atoms with Crippen molar-refractivity contribution < 1.29 is 4.79 Å². The standard InChI is InChI=1S/C17H21N5O2/c1-20-16(23)11-7-8-12-13(9-11)22(15(19)17(24)21-12)14(18)10-5-3-2-4-6-10/h7-10,18-19H,2-6H2,1H3,(H,20,23)(H,21,24). The Morgan fingerprint density at radius 3 is 2.67 bits per heavy atom. The van der Waals surface area contributed by atoms with E-state index < -0.39 is 5.56 Å². The van der Waals surface area contributed by atoms with Crippen LogP contribution in [0.3, 0.4) is 0 Å². The van der Waals surface area contributed by atoms with Gasteiger partial charge in [-0.1, -0.05) is 19.3 Å². The smallest absolute Gasteiger partial charge is 0.291 e. The van der Waals surface area contributed by atoms with E-state index >= 15 is 0 Å². The molecule has 0 bridgehead atoms. The molecule has 1 aromatic carbocycles. The SMILES string of the molecule is CNC(=O)c1ccc2[nH]c(=O)c(=N)n(C(=N)C3CCCCC3)c2c1. The number of amides is 1. The number of aromatic nitrogens is 2. The fourth-order valence-electron chi connectivity index (χ4n) is 3.32. The molecule has 126 valence electrons.